The molecule has 2 aromatic carbocycles. The van der Waals surface area contributed by atoms with Crippen molar-refractivity contribution in [2.75, 3.05) is 39.3 Å². The van der Waals surface area contributed by atoms with Crippen molar-refractivity contribution in [3.63, 3.8) is 0 Å². The van der Waals surface area contributed by atoms with E-state index in [0.717, 1.165) is 30.9 Å². The Labute approximate surface area is 178 Å². The van der Waals surface area contributed by atoms with Crippen molar-refractivity contribution in [2.45, 2.75) is 25.9 Å². The van der Waals surface area contributed by atoms with Crippen LogP contribution < -0.4 is 4.74 Å². The maximum Gasteiger partial charge on any atom is 0.245 e. The third-order valence-corrected chi connectivity index (χ3v) is 6.04. The van der Waals surface area contributed by atoms with Gasteiger partial charge in [0.1, 0.15) is 18.4 Å². The fourth-order valence-electron chi connectivity index (χ4n) is 4.29. The smallest absolute Gasteiger partial charge is 0.245 e. The molecule has 0 saturated carbocycles. The molecule has 1 fully saturated rings. The van der Waals surface area contributed by atoms with Crippen molar-refractivity contribution in [3.8, 4) is 5.75 Å². The maximum absolute atomic E-state index is 13.3. The summed E-state index contributed by atoms with van der Waals surface area (Å²) in [5.41, 5.74) is 2.31. The third-order valence-electron chi connectivity index (χ3n) is 6.04. The van der Waals surface area contributed by atoms with Crippen molar-refractivity contribution in [2.24, 2.45) is 0 Å². The number of carbonyl (C=O) groups is 2. The van der Waals surface area contributed by atoms with E-state index in [1.54, 1.807) is 11.8 Å². The Bertz CT molecular complexity index is 878. The first kappa shape index (κ1) is 20.4. The van der Waals surface area contributed by atoms with Crippen LogP contribution in [0.2, 0.25) is 0 Å². The maximum atomic E-state index is 13.3. The Morgan fingerprint density at radius 1 is 0.933 bits per heavy atom. The highest BCUT2D eigenvalue weighted by Gasteiger charge is 2.36. The molecule has 4 rings (SSSR count). The summed E-state index contributed by atoms with van der Waals surface area (Å²) in [6.07, 6.45) is 0.597. The summed E-state index contributed by atoms with van der Waals surface area (Å²) in [6, 6.07) is 17.5. The second-order valence-electron chi connectivity index (χ2n) is 7.96. The van der Waals surface area contributed by atoms with Gasteiger partial charge in [0.15, 0.2) is 0 Å². The zero-order chi connectivity index (χ0) is 20.9. The first-order chi connectivity index (χ1) is 14.6. The van der Waals surface area contributed by atoms with Crippen LogP contribution in [0.3, 0.4) is 0 Å². The Balaban J connectivity index is 1.30. The van der Waals surface area contributed by atoms with Crippen LogP contribution in [0.1, 0.15) is 18.1 Å². The van der Waals surface area contributed by atoms with E-state index in [4.69, 9.17) is 4.74 Å². The topological polar surface area (TPSA) is 53.1 Å². The van der Waals surface area contributed by atoms with E-state index < -0.39 is 6.04 Å². The van der Waals surface area contributed by atoms with Crippen molar-refractivity contribution in [1.82, 2.24) is 14.7 Å². The first-order valence-electron chi connectivity index (χ1n) is 10.6. The van der Waals surface area contributed by atoms with Gasteiger partial charge in [-0.2, -0.15) is 0 Å². The molecule has 2 heterocycles. The van der Waals surface area contributed by atoms with E-state index in [9.17, 15) is 9.59 Å². The van der Waals surface area contributed by atoms with Gasteiger partial charge in [0.2, 0.25) is 11.8 Å². The van der Waals surface area contributed by atoms with Crippen molar-refractivity contribution in [3.05, 3.63) is 65.7 Å². The molecule has 0 aliphatic carbocycles. The molecule has 1 unspecified atom stereocenters. The minimum absolute atomic E-state index is 0.0421. The predicted molar refractivity (Wildman–Crippen MR) is 115 cm³/mol. The number of hydrogen-bond donors (Lipinski definition) is 0. The molecule has 2 aliphatic heterocycles. The molecule has 0 aromatic heterocycles. The van der Waals surface area contributed by atoms with E-state index in [2.05, 4.69) is 11.0 Å². The molecule has 6 nitrogen and oxygen atoms in total. The van der Waals surface area contributed by atoms with E-state index in [0.29, 0.717) is 32.7 Å². The lowest BCUT2D eigenvalue weighted by Gasteiger charge is -2.41. The first-order valence-corrected chi connectivity index (χ1v) is 10.6. The predicted octanol–water partition coefficient (Wildman–Crippen LogP) is 2.18. The van der Waals surface area contributed by atoms with Crippen LogP contribution in [0.25, 0.3) is 0 Å². The zero-order valence-electron chi connectivity index (χ0n) is 17.5. The molecule has 158 valence electrons. The number of carbonyl (C=O) groups excluding carboxylic acids is 2. The number of hydrogen-bond acceptors (Lipinski definition) is 4. The number of piperazine rings is 1. The minimum Gasteiger partial charge on any atom is -0.492 e. The van der Waals surface area contributed by atoms with Gasteiger partial charge in [-0.15, -0.1) is 0 Å². The molecule has 2 amide bonds. The summed E-state index contributed by atoms with van der Waals surface area (Å²) >= 11 is 0. The summed E-state index contributed by atoms with van der Waals surface area (Å²) in [7, 11) is 0. The molecule has 0 N–H and O–H groups in total. The molecular formula is C24H29N3O3. The quantitative estimate of drug-likeness (QED) is 0.763. The third kappa shape index (κ3) is 4.65. The van der Waals surface area contributed by atoms with Gasteiger partial charge in [-0.25, -0.2) is 0 Å². The Morgan fingerprint density at radius 3 is 2.30 bits per heavy atom. The van der Waals surface area contributed by atoms with E-state index in [1.165, 1.54) is 5.56 Å². The van der Waals surface area contributed by atoms with Crippen LogP contribution >= 0.6 is 0 Å². The van der Waals surface area contributed by atoms with Gasteiger partial charge in [0.05, 0.1) is 0 Å². The van der Waals surface area contributed by atoms with Crippen LogP contribution in [-0.4, -0.2) is 71.9 Å². The fraction of sp³-hybridized carbons (Fsp3) is 0.417. The van der Waals surface area contributed by atoms with Gasteiger partial charge in [0.25, 0.3) is 0 Å². The molecule has 30 heavy (non-hydrogen) atoms. The van der Waals surface area contributed by atoms with Crippen LogP contribution in [0.4, 0.5) is 0 Å². The Kier molecular flexibility index (Phi) is 6.33. The summed E-state index contributed by atoms with van der Waals surface area (Å²) in [4.78, 5) is 31.5. The lowest BCUT2D eigenvalue weighted by atomic mass is 9.93. The summed E-state index contributed by atoms with van der Waals surface area (Å²) in [5.74, 6) is 0.910. The van der Waals surface area contributed by atoms with Gasteiger partial charge in [-0.3, -0.25) is 14.5 Å². The summed E-state index contributed by atoms with van der Waals surface area (Å²) < 4.78 is 5.79. The van der Waals surface area contributed by atoms with Crippen molar-refractivity contribution in [1.29, 1.82) is 0 Å². The van der Waals surface area contributed by atoms with Crippen LogP contribution in [0.5, 0.6) is 5.75 Å². The number of para-hydroxylation sites is 1. The Hall–Kier alpha value is -2.86. The molecule has 6 heteroatoms. The normalized spacial score (nSPS) is 19.3. The van der Waals surface area contributed by atoms with E-state index in [1.807, 2.05) is 53.4 Å². The lowest BCUT2D eigenvalue weighted by molar-refractivity contribution is -0.147. The van der Waals surface area contributed by atoms with Gasteiger partial charge in [-0.1, -0.05) is 42.5 Å². The SMILES string of the molecule is CC(=O)N1Cc2ccccc2CC1C(=O)N1CCN(CCOc2ccccc2)CC1. The average Bonchev–Trinajstić information content (AvgIpc) is 2.79. The molecule has 2 aromatic rings. The number of benzene rings is 2. The number of amides is 2. The second-order valence-corrected chi connectivity index (χ2v) is 7.96. The van der Waals surface area contributed by atoms with Gasteiger partial charge in [0, 0.05) is 52.6 Å². The molecule has 0 radical (unpaired) electrons. The number of nitrogens with zero attached hydrogens (tertiary/aromatic N) is 3. The number of rotatable bonds is 5. The Morgan fingerprint density at radius 2 is 1.60 bits per heavy atom. The van der Waals surface area contributed by atoms with Gasteiger partial charge < -0.3 is 14.5 Å². The van der Waals surface area contributed by atoms with E-state index in [-0.39, 0.29) is 11.8 Å². The summed E-state index contributed by atoms with van der Waals surface area (Å²) in [5, 5.41) is 0. The van der Waals surface area contributed by atoms with Gasteiger partial charge >= 0.3 is 0 Å². The highest BCUT2D eigenvalue weighted by Crippen LogP contribution is 2.25. The monoisotopic (exact) mass is 407 g/mol. The average molecular weight is 408 g/mol. The molecule has 1 saturated heterocycles. The molecule has 1 atom stereocenters. The largest absolute Gasteiger partial charge is 0.492 e. The molecular weight excluding hydrogens is 378 g/mol. The van der Waals surface area contributed by atoms with Crippen molar-refractivity contribution < 1.29 is 14.3 Å². The zero-order valence-corrected chi connectivity index (χ0v) is 17.5. The fourth-order valence-corrected chi connectivity index (χ4v) is 4.29. The van der Waals surface area contributed by atoms with Gasteiger partial charge in [-0.05, 0) is 23.3 Å². The molecule has 2 aliphatic rings. The highest BCUT2D eigenvalue weighted by molar-refractivity contribution is 5.88. The van der Waals surface area contributed by atoms with Crippen LogP contribution in [0.15, 0.2) is 54.6 Å². The van der Waals surface area contributed by atoms with Crippen LogP contribution in [-0.2, 0) is 22.6 Å². The molecule has 0 bridgehead atoms. The minimum atomic E-state index is -0.398. The standard InChI is InChI=1S/C24H29N3O3/c1-19(28)27-18-21-8-6-5-7-20(21)17-23(27)24(29)26-13-11-25(12-14-26)15-16-30-22-9-3-2-4-10-22/h2-10,23H,11-18H2,1H3. The van der Waals surface area contributed by atoms with Crippen LogP contribution in [0, 0.1) is 0 Å². The second kappa shape index (κ2) is 9.30. The molecule has 0 spiro atoms. The highest BCUT2D eigenvalue weighted by atomic mass is 16.5. The number of ether oxygens (including phenoxy) is 1. The van der Waals surface area contributed by atoms with Crippen molar-refractivity contribution >= 4 is 11.8 Å². The lowest BCUT2D eigenvalue weighted by Crippen LogP contribution is -2.57. The number of fused-ring (bicyclic) bond motifs is 1. The van der Waals surface area contributed by atoms with E-state index >= 15 is 0 Å². The summed E-state index contributed by atoms with van der Waals surface area (Å²) in [6.45, 7) is 6.57.